The van der Waals surface area contributed by atoms with E-state index < -0.39 is 0 Å². The Morgan fingerprint density at radius 3 is 2.83 bits per heavy atom. The summed E-state index contributed by atoms with van der Waals surface area (Å²) in [6.07, 6.45) is 0. The van der Waals surface area contributed by atoms with E-state index in [1.54, 1.807) is 12.1 Å². The molecule has 0 amide bonds. The van der Waals surface area contributed by atoms with Crippen LogP contribution in [0.4, 0.5) is 5.82 Å². The summed E-state index contributed by atoms with van der Waals surface area (Å²) in [5.74, 6) is 0.724. The number of anilines is 1. The second-order valence-electron chi connectivity index (χ2n) is 3.94. The molecule has 0 radical (unpaired) electrons. The summed E-state index contributed by atoms with van der Waals surface area (Å²) in [6.45, 7) is 2.55. The number of hydrogen-bond acceptors (Lipinski definition) is 3. The molecule has 0 bridgehead atoms. The van der Waals surface area contributed by atoms with Gasteiger partial charge in [0.15, 0.2) is 0 Å². The van der Waals surface area contributed by atoms with Gasteiger partial charge in [-0.25, -0.2) is 4.98 Å². The second-order valence-corrected chi connectivity index (χ2v) is 4.79. The highest BCUT2D eigenvalue weighted by atomic mass is 79.9. The fourth-order valence-corrected chi connectivity index (χ4v) is 2.08. The first-order valence-electron chi connectivity index (χ1n) is 5.55. The number of rotatable bonds is 3. The Kier molecular flexibility index (Phi) is 3.96. The van der Waals surface area contributed by atoms with Crippen LogP contribution in [-0.4, -0.2) is 4.98 Å². The molecule has 0 spiro atoms. The smallest absolute Gasteiger partial charge is 0.127 e. The Morgan fingerprint density at radius 1 is 1.33 bits per heavy atom. The zero-order valence-corrected chi connectivity index (χ0v) is 11.5. The Balaban J connectivity index is 2.14. The summed E-state index contributed by atoms with van der Waals surface area (Å²) in [4.78, 5) is 4.35. The van der Waals surface area contributed by atoms with Gasteiger partial charge in [-0.3, -0.25) is 0 Å². The molecule has 0 aliphatic heterocycles. The summed E-state index contributed by atoms with van der Waals surface area (Å²) in [7, 11) is 0. The molecule has 2 aromatic rings. The highest BCUT2D eigenvalue weighted by Gasteiger charge is 2.01. The number of aromatic nitrogens is 1. The number of nitrogens with zero attached hydrogens (tertiary/aromatic N) is 2. The molecule has 1 aromatic carbocycles. The molecule has 4 heteroatoms. The summed E-state index contributed by atoms with van der Waals surface area (Å²) >= 11 is 3.50. The fraction of sp³-hybridized carbons (Fsp3) is 0.143. The maximum absolute atomic E-state index is 8.90. The van der Waals surface area contributed by atoms with Crippen molar-refractivity contribution >= 4 is 21.7 Å². The summed E-state index contributed by atoms with van der Waals surface area (Å²) in [5, 5.41) is 12.1. The van der Waals surface area contributed by atoms with Gasteiger partial charge < -0.3 is 5.32 Å². The van der Waals surface area contributed by atoms with Crippen molar-refractivity contribution in [2.45, 2.75) is 13.5 Å². The average molecular weight is 302 g/mol. The van der Waals surface area contributed by atoms with Gasteiger partial charge in [0, 0.05) is 16.7 Å². The highest BCUT2D eigenvalue weighted by Crippen LogP contribution is 2.17. The molecule has 0 aliphatic carbocycles. The lowest BCUT2D eigenvalue weighted by Gasteiger charge is -2.08. The van der Waals surface area contributed by atoms with Crippen molar-refractivity contribution in [3.63, 3.8) is 0 Å². The number of hydrogen-bond donors (Lipinski definition) is 1. The summed E-state index contributed by atoms with van der Waals surface area (Å²) in [5.41, 5.74) is 2.61. The van der Waals surface area contributed by atoms with Crippen LogP contribution in [0.5, 0.6) is 0 Å². The van der Waals surface area contributed by atoms with Crippen LogP contribution < -0.4 is 5.32 Å². The zero-order chi connectivity index (χ0) is 13.0. The molecule has 0 unspecified atom stereocenters. The summed E-state index contributed by atoms with van der Waals surface area (Å²) < 4.78 is 1.06. The van der Waals surface area contributed by atoms with Gasteiger partial charge in [0.1, 0.15) is 5.82 Å². The second kappa shape index (κ2) is 5.65. The van der Waals surface area contributed by atoms with Crippen molar-refractivity contribution in [3.05, 3.63) is 57.7 Å². The van der Waals surface area contributed by atoms with Crippen LogP contribution in [0.1, 0.15) is 16.8 Å². The van der Waals surface area contributed by atoms with Crippen molar-refractivity contribution in [1.82, 2.24) is 4.98 Å². The Morgan fingerprint density at radius 2 is 2.11 bits per heavy atom. The third-order valence-electron chi connectivity index (χ3n) is 2.50. The molecule has 3 nitrogen and oxygen atoms in total. The first-order chi connectivity index (χ1) is 8.69. The normalized spacial score (nSPS) is 9.83. The number of halogens is 1. The molecule has 1 N–H and O–H groups in total. The van der Waals surface area contributed by atoms with E-state index in [0.717, 1.165) is 21.5 Å². The highest BCUT2D eigenvalue weighted by molar-refractivity contribution is 9.10. The van der Waals surface area contributed by atoms with E-state index in [2.05, 4.69) is 32.3 Å². The van der Waals surface area contributed by atoms with E-state index in [4.69, 9.17) is 5.26 Å². The van der Waals surface area contributed by atoms with Crippen LogP contribution in [0, 0.1) is 18.3 Å². The van der Waals surface area contributed by atoms with Gasteiger partial charge in [-0.05, 0) is 30.7 Å². The molecule has 1 heterocycles. The average Bonchev–Trinajstić information content (AvgIpc) is 2.37. The molecule has 18 heavy (non-hydrogen) atoms. The molecule has 0 aliphatic rings. The molecule has 0 fully saturated rings. The van der Waals surface area contributed by atoms with Crippen LogP contribution in [-0.2, 0) is 6.54 Å². The maximum Gasteiger partial charge on any atom is 0.127 e. The van der Waals surface area contributed by atoms with Gasteiger partial charge in [-0.1, -0.05) is 34.1 Å². The molecule has 0 saturated carbocycles. The Labute approximate surface area is 115 Å². The third-order valence-corrected chi connectivity index (χ3v) is 3.27. The van der Waals surface area contributed by atoms with E-state index in [0.29, 0.717) is 12.1 Å². The van der Waals surface area contributed by atoms with E-state index >= 15 is 0 Å². The van der Waals surface area contributed by atoms with Crippen molar-refractivity contribution in [2.24, 2.45) is 0 Å². The minimum absolute atomic E-state index is 0.622. The lowest BCUT2D eigenvalue weighted by atomic mass is 10.2. The first-order valence-corrected chi connectivity index (χ1v) is 6.34. The SMILES string of the molecule is Cc1cc(C#N)cc(NCc2ccccc2Br)n1. The van der Waals surface area contributed by atoms with E-state index in [-0.39, 0.29) is 0 Å². The maximum atomic E-state index is 8.90. The number of nitriles is 1. The van der Waals surface area contributed by atoms with Gasteiger partial charge in [0.25, 0.3) is 0 Å². The Hall–Kier alpha value is -1.86. The predicted molar refractivity (Wildman–Crippen MR) is 75.2 cm³/mol. The minimum atomic E-state index is 0.622. The van der Waals surface area contributed by atoms with E-state index in [1.165, 1.54) is 0 Å². The minimum Gasteiger partial charge on any atom is -0.366 e. The lowest BCUT2D eigenvalue weighted by molar-refractivity contribution is 1.08. The molecule has 1 aromatic heterocycles. The van der Waals surface area contributed by atoms with Gasteiger partial charge >= 0.3 is 0 Å². The van der Waals surface area contributed by atoms with Crippen LogP contribution in [0.3, 0.4) is 0 Å². The predicted octanol–water partition coefficient (Wildman–Crippen LogP) is 3.64. The quantitative estimate of drug-likeness (QED) is 0.941. The fourth-order valence-electron chi connectivity index (χ4n) is 1.65. The van der Waals surface area contributed by atoms with Gasteiger partial charge in [-0.15, -0.1) is 0 Å². The standard InChI is InChI=1S/C14H12BrN3/c1-10-6-11(8-16)7-14(18-10)17-9-12-4-2-3-5-13(12)15/h2-7H,9H2,1H3,(H,17,18). The van der Waals surface area contributed by atoms with Gasteiger partial charge in [-0.2, -0.15) is 5.26 Å². The molecular formula is C14H12BrN3. The van der Waals surface area contributed by atoms with Crippen molar-refractivity contribution in [1.29, 1.82) is 5.26 Å². The molecule has 90 valence electrons. The van der Waals surface area contributed by atoms with E-state index in [9.17, 15) is 0 Å². The van der Waals surface area contributed by atoms with Crippen molar-refractivity contribution in [3.8, 4) is 6.07 Å². The number of nitrogens with one attached hydrogen (secondary N) is 1. The lowest BCUT2D eigenvalue weighted by Crippen LogP contribution is -2.03. The van der Waals surface area contributed by atoms with E-state index in [1.807, 2.05) is 31.2 Å². The van der Waals surface area contributed by atoms with Crippen LogP contribution in [0.15, 0.2) is 40.9 Å². The third kappa shape index (κ3) is 3.08. The number of pyridine rings is 1. The van der Waals surface area contributed by atoms with Crippen LogP contribution in [0.2, 0.25) is 0 Å². The molecular weight excluding hydrogens is 290 g/mol. The van der Waals surface area contributed by atoms with Crippen molar-refractivity contribution < 1.29 is 0 Å². The van der Waals surface area contributed by atoms with Crippen LogP contribution >= 0.6 is 15.9 Å². The Bertz CT molecular complexity index is 602. The first kappa shape index (κ1) is 12.6. The molecule has 2 rings (SSSR count). The van der Waals surface area contributed by atoms with Gasteiger partial charge in [0.05, 0.1) is 11.6 Å². The van der Waals surface area contributed by atoms with Crippen molar-refractivity contribution in [2.75, 3.05) is 5.32 Å². The zero-order valence-electron chi connectivity index (χ0n) is 9.94. The van der Waals surface area contributed by atoms with Gasteiger partial charge in [0.2, 0.25) is 0 Å². The molecule has 0 atom stereocenters. The topological polar surface area (TPSA) is 48.7 Å². The number of benzene rings is 1. The number of aryl methyl sites for hydroxylation is 1. The largest absolute Gasteiger partial charge is 0.366 e. The summed E-state index contributed by atoms with van der Waals surface area (Å²) in [6, 6.07) is 13.7. The monoisotopic (exact) mass is 301 g/mol. The molecule has 0 saturated heterocycles. The van der Waals surface area contributed by atoms with Crippen LogP contribution in [0.25, 0.3) is 0 Å².